The van der Waals surface area contributed by atoms with Gasteiger partial charge in [0.15, 0.2) is 0 Å². The van der Waals surface area contributed by atoms with Crippen LogP contribution in [0.4, 0.5) is 0 Å². The van der Waals surface area contributed by atoms with Crippen molar-refractivity contribution >= 4 is 11.5 Å². The van der Waals surface area contributed by atoms with Crippen molar-refractivity contribution in [1.29, 1.82) is 0 Å². The maximum Gasteiger partial charge on any atom is 0.219 e. The normalized spacial score (nSPS) is 11.7. The number of allylic oxidation sites excluding steroid dienone is 1. The Morgan fingerprint density at radius 3 is 2.33 bits per heavy atom. The highest BCUT2D eigenvalue weighted by atomic mass is 16.2. The molecule has 0 aliphatic heterocycles. The van der Waals surface area contributed by atoms with Crippen LogP contribution in [0.1, 0.15) is 33.3 Å². The number of hydrogen-bond donors (Lipinski definition) is 0. The van der Waals surface area contributed by atoms with Gasteiger partial charge in [-0.25, -0.2) is 0 Å². The van der Waals surface area contributed by atoms with E-state index in [2.05, 4.69) is 39.0 Å². The third-order valence-corrected chi connectivity index (χ3v) is 2.88. The number of rotatable bonds is 5. The number of amides is 1. The van der Waals surface area contributed by atoms with Crippen molar-refractivity contribution in [2.75, 3.05) is 13.1 Å². The smallest absolute Gasteiger partial charge is 0.219 e. The largest absolute Gasteiger partial charge is 0.339 e. The van der Waals surface area contributed by atoms with Crippen molar-refractivity contribution in [3.63, 3.8) is 0 Å². The molecule has 1 amide bonds. The van der Waals surface area contributed by atoms with Gasteiger partial charge < -0.3 is 4.90 Å². The maximum absolute atomic E-state index is 11.5. The van der Waals surface area contributed by atoms with Gasteiger partial charge in [-0.3, -0.25) is 4.79 Å². The fourth-order valence-electron chi connectivity index (χ4n) is 1.84. The Hall–Kier alpha value is -1.57. The van der Waals surface area contributed by atoms with E-state index in [9.17, 15) is 4.79 Å². The first-order valence-electron chi connectivity index (χ1n) is 6.48. The average molecular weight is 245 g/mol. The van der Waals surface area contributed by atoms with Gasteiger partial charge in [0.2, 0.25) is 5.91 Å². The van der Waals surface area contributed by atoms with E-state index in [0.717, 1.165) is 6.54 Å². The van der Waals surface area contributed by atoms with Crippen molar-refractivity contribution in [2.24, 2.45) is 5.92 Å². The quantitative estimate of drug-likeness (QED) is 0.776. The molecule has 1 aromatic rings. The zero-order chi connectivity index (χ0) is 13.5. The summed E-state index contributed by atoms with van der Waals surface area (Å²) < 4.78 is 0. The summed E-state index contributed by atoms with van der Waals surface area (Å²) in [7, 11) is 0. The zero-order valence-corrected chi connectivity index (χ0v) is 11.8. The molecule has 0 saturated carbocycles. The summed E-state index contributed by atoms with van der Waals surface area (Å²) in [5.41, 5.74) is 2.43. The van der Waals surface area contributed by atoms with E-state index < -0.39 is 0 Å². The van der Waals surface area contributed by atoms with Crippen LogP contribution < -0.4 is 0 Å². The summed E-state index contributed by atoms with van der Waals surface area (Å²) in [6, 6.07) is 10.3. The second-order valence-electron chi connectivity index (χ2n) is 5.07. The Morgan fingerprint density at radius 1 is 1.22 bits per heavy atom. The molecular formula is C16H23NO. The Labute approximate surface area is 110 Å². The lowest BCUT2D eigenvalue weighted by molar-refractivity contribution is -0.128. The fourth-order valence-corrected chi connectivity index (χ4v) is 1.84. The van der Waals surface area contributed by atoms with E-state index in [1.54, 1.807) is 6.92 Å². The lowest BCUT2D eigenvalue weighted by atomic mass is 10.1. The maximum atomic E-state index is 11.5. The highest BCUT2D eigenvalue weighted by Gasteiger charge is 2.08. The molecule has 0 aliphatic rings. The van der Waals surface area contributed by atoms with Gasteiger partial charge in [-0.05, 0) is 24.0 Å². The SMILES string of the molecule is CC(=O)N(C/C=C(/C)c1ccccc1)CC(C)C. The van der Waals surface area contributed by atoms with Crippen LogP contribution >= 0.6 is 0 Å². The van der Waals surface area contributed by atoms with Gasteiger partial charge in [0.05, 0.1) is 0 Å². The number of nitrogens with zero attached hydrogens (tertiary/aromatic N) is 1. The van der Waals surface area contributed by atoms with Crippen LogP contribution in [0.5, 0.6) is 0 Å². The van der Waals surface area contributed by atoms with Gasteiger partial charge >= 0.3 is 0 Å². The molecule has 2 heteroatoms. The summed E-state index contributed by atoms with van der Waals surface area (Å²) in [6.45, 7) is 9.48. The third kappa shape index (κ3) is 4.74. The predicted molar refractivity (Wildman–Crippen MR) is 77.2 cm³/mol. The highest BCUT2D eigenvalue weighted by Crippen LogP contribution is 2.13. The van der Waals surface area contributed by atoms with E-state index in [1.165, 1.54) is 11.1 Å². The highest BCUT2D eigenvalue weighted by molar-refractivity contribution is 5.74. The third-order valence-electron chi connectivity index (χ3n) is 2.88. The van der Waals surface area contributed by atoms with Crippen molar-refractivity contribution in [1.82, 2.24) is 4.90 Å². The van der Waals surface area contributed by atoms with E-state index in [-0.39, 0.29) is 5.91 Å². The topological polar surface area (TPSA) is 20.3 Å². The van der Waals surface area contributed by atoms with Crippen molar-refractivity contribution in [3.05, 3.63) is 42.0 Å². The molecule has 0 fully saturated rings. The molecule has 0 spiro atoms. The van der Waals surface area contributed by atoms with Crippen molar-refractivity contribution in [3.8, 4) is 0 Å². The van der Waals surface area contributed by atoms with Crippen LogP contribution in [0.15, 0.2) is 36.4 Å². The van der Waals surface area contributed by atoms with Crippen molar-refractivity contribution in [2.45, 2.75) is 27.7 Å². The number of carbonyl (C=O) groups excluding carboxylic acids is 1. The average Bonchev–Trinajstić information content (AvgIpc) is 2.34. The van der Waals surface area contributed by atoms with E-state index in [1.807, 2.05) is 23.1 Å². The minimum Gasteiger partial charge on any atom is -0.339 e. The summed E-state index contributed by atoms with van der Waals surface area (Å²) in [5.74, 6) is 0.639. The number of hydrogen-bond acceptors (Lipinski definition) is 1. The molecule has 0 heterocycles. The molecule has 0 saturated heterocycles. The van der Waals surface area contributed by atoms with Crippen LogP contribution in [0.25, 0.3) is 5.57 Å². The summed E-state index contributed by atoms with van der Waals surface area (Å²) >= 11 is 0. The first-order chi connectivity index (χ1) is 8.50. The first-order valence-corrected chi connectivity index (χ1v) is 6.48. The molecule has 98 valence electrons. The van der Waals surface area contributed by atoms with Crippen LogP contribution in [0, 0.1) is 5.92 Å². The van der Waals surface area contributed by atoms with Crippen LogP contribution in [-0.4, -0.2) is 23.9 Å². The molecule has 0 atom stereocenters. The fraction of sp³-hybridized carbons (Fsp3) is 0.438. The van der Waals surface area contributed by atoms with Gasteiger partial charge in [-0.1, -0.05) is 50.3 Å². The lowest BCUT2D eigenvalue weighted by Gasteiger charge is -2.21. The standard InChI is InChI=1S/C16H23NO/c1-13(2)12-17(15(4)18)11-10-14(3)16-8-6-5-7-9-16/h5-10,13H,11-12H2,1-4H3/b14-10-. The summed E-state index contributed by atoms with van der Waals surface area (Å²) in [6.07, 6.45) is 2.12. The van der Waals surface area contributed by atoms with Crippen LogP contribution in [-0.2, 0) is 4.79 Å². The van der Waals surface area contributed by atoms with E-state index in [4.69, 9.17) is 0 Å². The van der Waals surface area contributed by atoms with Crippen molar-refractivity contribution < 1.29 is 4.79 Å². The molecule has 1 rings (SSSR count). The molecule has 0 aromatic heterocycles. The number of benzene rings is 1. The van der Waals surface area contributed by atoms with Gasteiger partial charge in [0.1, 0.15) is 0 Å². The second-order valence-corrected chi connectivity index (χ2v) is 5.07. The zero-order valence-electron chi connectivity index (χ0n) is 11.8. The first kappa shape index (κ1) is 14.5. The molecular weight excluding hydrogens is 222 g/mol. The van der Waals surface area contributed by atoms with Gasteiger partial charge in [0.25, 0.3) is 0 Å². The van der Waals surface area contributed by atoms with Gasteiger partial charge in [-0.15, -0.1) is 0 Å². The predicted octanol–water partition coefficient (Wildman–Crippen LogP) is 3.59. The number of carbonyl (C=O) groups is 1. The van der Waals surface area contributed by atoms with Gasteiger partial charge in [-0.2, -0.15) is 0 Å². The molecule has 0 aliphatic carbocycles. The van der Waals surface area contributed by atoms with Crippen LogP contribution in [0.2, 0.25) is 0 Å². The molecule has 1 aromatic carbocycles. The minimum atomic E-state index is 0.140. The minimum absolute atomic E-state index is 0.140. The summed E-state index contributed by atoms with van der Waals surface area (Å²) in [4.78, 5) is 13.4. The van der Waals surface area contributed by atoms with Gasteiger partial charge in [0, 0.05) is 20.0 Å². The lowest BCUT2D eigenvalue weighted by Crippen LogP contribution is -2.32. The van der Waals surface area contributed by atoms with E-state index >= 15 is 0 Å². The van der Waals surface area contributed by atoms with E-state index in [0.29, 0.717) is 12.5 Å². The molecule has 2 nitrogen and oxygen atoms in total. The Kier molecular flexibility index (Phi) is 5.63. The molecule has 0 unspecified atom stereocenters. The monoisotopic (exact) mass is 245 g/mol. The molecule has 18 heavy (non-hydrogen) atoms. The Bertz CT molecular complexity index is 406. The molecule has 0 N–H and O–H groups in total. The molecule has 0 bridgehead atoms. The second kappa shape index (κ2) is 7.00. The molecule has 0 radical (unpaired) electrons. The summed E-state index contributed by atoms with van der Waals surface area (Å²) in [5, 5.41) is 0. The Morgan fingerprint density at radius 2 is 1.83 bits per heavy atom. The van der Waals surface area contributed by atoms with Crippen LogP contribution in [0.3, 0.4) is 0 Å². The Balaban J connectivity index is 2.68.